The molecule has 2 aliphatic rings. The number of likely N-dealkylation sites (tertiary alicyclic amines) is 1. The number of amides is 2. The van der Waals surface area contributed by atoms with Crippen LogP contribution in [0, 0.1) is 0 Å². The second-order valence-corrected chi connectivity index (χ2v) is 5.19. The first-order valence-corrected chi connectivity index (χ1v) is 6.99. The third-order valence-electron chi connectivity index (χ3n) is 3.94. The van der Waals surface area contributed by atoms with Crippen LogP contribution in [-0.4, -0.2) is 53.2 Å². The van der Waals surface area contributed by atoms with Crippen LogP contribution < -0.4 is 0 Å². The van der Waals surface area contributed by atoms with Crippen LogP contribution >= 0.6 is 0 Å². The van der Waals surface area contributed by atoms with E-state index in [0.717, 1.165) is 45.3 Å². The van der Waals surface area contributed by atoms with Gasteiger partial charge >= 0.3 is 6.03 Å². The lowest BCUT2D eigenvalue weighted by molar-refractivity contribution is 0.0953. The molecule has 2 amide bonds. The Hall–Kier alpha value is -0.770. The molecule has 0 aromatic rings. The van der Waals surface area contributed by atoms with E-state index < -0.39 is 0 Å². The van der Waals surface area contributed by atoms with Gasteiger partial charge in [0.05, 0.1) is 0 Å². The van der Waals surface area contributed by atoms with Crippen molar-refractivity contribution < 1.29 is 9.90 Å². The average molecular weight is 240 g/mol. The van der Waals surface area contributed by atoms with Crippen molar-refractivity contribution in [1.29, 1.82) is 0 Å². The SMILES string of the molecule is O=C(N1CCCCC1)N(CCCO)C1CCC1. The van der Waals surface area contributed by atoms with Crippen LogP contribution in [0.1, 0.15) is 44.9 Å². The summed E-state index contributed by atoms with van der Waals surface area (Å²) in [5.74, 6) is 0. The molecule has 0 radical (unpaired) electrons. The number of hydrogen-bond acceptors (Lipinski definition) is 2. The van der Waals surface area contributed by atoms with Gasteiger partial charge in [-0.05, 0) is 44.9 Å². The molecule has 1 saturated carbocycles. The van der Waals surface area contributed by atoms with Crippen LogP contribution in [0.5, 0.6) is 0 Å². The summed E-state index contributed by atoms with van der Waals surface area (Å²) in [5, 5.41) is 8.93. The van der Waals surface area contributed by atoms with Crippen molar-refractivity contribution in [2.45, 2.75) is 51.0 Å². The van der Waals surface area contributed by atoms with E-state index in [-0.39, 0.29) is 12.6 Å². The highest BCUT2D eigenvalue weighted by atomic mass is 16.3. The smallest absolute Gasteiger partial charge is 0.320 e. The maximum Gasteiger partial charge on any atom is 0.320 e. The zero-order valence-electron chi connectivity index (χ0n) is 10.6. The van der Waals surface area contributed by atoms with Gasteiger partial charge in [-0.15, -0.1) is 0 Å². The molecule has 1 heterocycles. The highest BCUT2D eigenvalue weighted by Crippen LogP contribution is 2.26. The number of hydrogen-bond donors (Lipinski definition) is 1. The van der Waals surface area contributed by atoms with Crippen molar-refractivity contribution in [2.24, 2.45) is 0 Å². The molecule has 4 nitrogen and oxygen atoms in total. The predicted molar refractivity (Wildman–Crippen MR) is 66.9 cm³/mol. The van der Waals surface area contributed by atoms with E-state index in [1.165, 1.54) is 12.8 Å². The molecule has 0 atom stereocenters. The Morgan fingerprint density at radius 2 is 1.88 bits per heavy atom. The molecule has 1 N–H and O–H groups in total. The fourth-order valence-electron chi connectivity index (χ4n) is 2.64. The normalized spacial score (nSPS) is 21.1. The van der Waals surface area contributed by atoms with Gasteiger partial charge in [-0.3, -0.25) is 0 Å². The van der Waals surface area contributed by atoms with Gasteiger partial charge in [0.25, 0.3) is 0 Å². The molecule has 1 aliphatic heterocycles. The van der Waals surface area contributed by atoms with Crippen LogP contribution in [-0.2, 0) is 0 Å². The fraction of sp³-hybridized carbons (Fsp3) is 0.923. The van der Waals surface area contributed by atoms with Gasteiger partial charge < -0.3 is 14.9 Å². The number of rotatable bonds is 4. The van der Waals surface area contributed by atoms with Crippen LogP contribution in [0.25, 0.3) is 0 Å². The Morgan fingerprint density at radius 1 is 1.18 bits per heavy atom. The van der Waals surface area contributed by atoms with Crippen LogP contribution in [0.3, 0.4) is 0 Å². The van der Waals surface area contributed by atoms with Crippen molar-refractivity contribution in [3.05, 3.63) is 0 Å². The van der Waals surface area contributed by atoms with E-state index in [1.807, 2.05) is 9.80 Å². The highest BCUT2D eigenvalue weighted by Gasteiger charge is 2.31. The molecule has 0 aromatic heterocycles. The molecule has 4 heteroatoms. The standard InChI is InChI=1S/C13H24N2O2/c16-11-5-10-15(12-6-4-7-12)13(17)14-8-2-1-3-9-14/h12,16H,1-11H2. The van der Waals surface area contributed by atoms with Crippen LogP contribution in [0.15, 0.2) is 0 Å². The number of nitrogens with zero attached hydrogens (tertiary/aromatic N) is 2. The molecular weight excluding hydrogens is 216 g/mol. The van der Waals surface area contributed by atoms with E-state index in [2.05, 4.69) is 0 Å². The number of aliphatic hydroxyl groups excluding tert-OH is 1. The maximum absolute atomic E-state index is 12.4. The number of aliphatic hydroxyl groups is 1. The van der Waals surface area contributed by atoms with E-state index in [1.54, 1.807) is 0 Å². The Labute approximate surface area is 104 Å². The Bertz CT molecular complexity index is 248. The van der Waals surface area contributed by atoms with Gasteiger partial charge in [0.2, 0.25) is 0 Å². The van der Waals surface area contributed by atoms with Gasteiger partial charge in [0, 0.05) is 32.3 Å². The largest absolute Gasteiger partial charge is 0.396 e. The van der Waals surface area contributed by atoms with Crippen molar-refractivity contribution in [3.8, 4) is 0 Å². The van der Waals surface area contributed by atoms with Crippen molar-refractivity contribution in [3.63, 3.8) is 0 Å². The first kappa shape index (κ1) is 12.7. The molecule has 17 heavy (non-hydrogen) atoms. The Kier molecular flexibility index (Phi) is 4.66. The monoisotopic (exact) mass is 240 g/mol. The summed E-state index contributed by atoms with van der Waals surface area (Å²) in [7, 11) is 0. The molecule has 2 fully saturated rings. The minimum absolute atomic E-state index is 0.177. The lowest BCUT2D eigenvalue weighted by Crippen LogP contribution is -2.52. The molecule has 98 valence electrons. The Balaban J connectivity index is 1.90. The predicted octanol–water partition coefficient (Wildman–Crippen LogP) is 1.83. The maximum atomic E-state index is 12.4. The second kappa shape index (κ2) is 6.24. The van der Waals surface area contributed by atoms with Crippen molar-refractivity contribution >= 4 is 6.03 Å². The quantitative estimate of drug-likeness (QED) is 0.814. The van der Waals surface area contributed by atoms with E-state index >= 15 is 0 Å². The van der Waals surface area contributed by atoms with Gasteiger partial charge in [-0.25, -0.2) is 4.79 Å². The Morgan fingerprint density at radius 3 is 2.41 bits per heavy atom. The third kappa shape index (κ3) is 3.12. The summed E-state index contributed by atoms with van der Waals surface area (Å²) >= 11 is 0. The minimum atomic E-state index is 0.177. The van der Waals surface area contributed by atoms with Gasteiger partial charge in [-0.1, -0.05) is 0 Å². The minimum Gasteiger partial charge on any atom is -0.396 e. The number of carbonyl (C=O) groups excluding carboxylic acids is 1. The molecule has 2 rings (SSSR count). The van der Waals surface area contributed by atoms with Gasteiger partial charge in [0.15, 0.2) is 0 Å². The first-order valence-electron chi connectivity index (χ1n) is 6.99. The van der Waals surface area contributed by atoms with Gasteiger partial charge in [-0.2, -0.15) is 0 Å². The second-order valence-electron chi connectivity index (χ2n) is 5.19. The van der Waals surface area contributed by atoms with Crippen LogP contribution in [0.2, 0.25) is 0 Å². The third-order valence-corrected chi connectivity index (χ3v) is 3.94. The van der Waals surface area contributed by atoms with Crippen molar-refractivity contribution in [1.82, 2.24) is 9.80 Å². The summed E-state index contributed by atoms with van der Waals surface area (Å²) in [4.78, 5) is 16.4. The highest BCUT2D eigenvalue weighted by molar-refractivity contribution is 5.75. The van der Waals surface area contributed by atoms with E-state index in [4.69, 9.17) is 5.11 Å². The van der Waals surface area contributed by atoms with Crippen molar-refractivity contribution in [2.75, 3.05) is 26.2 Å². The molecule has 0 spiro atoms. The lowest BCUT2D eigenvalue weighted by atomic mass is 9.91. The molecule has 1 saturated heterocycles. The molecule has 0 unspecified atom stereocenters. The van der Waals surface area contributed by atoms with E-state index in [0.29, 0.717) is 12.5 Å². The van der Waals surface area contributed by atoms with Gasteiger partial charge in [0.1, 0.15) is 0 Å². The van der Waals surface area contributed by atoms with Crippen LogP contribution in [0.4, 0.5) is 4.79 Å². The zero-order chi connectivity index (χ0) is 12.1. The lowest BCUT2D eigenvalue weighted by Gasteiger charge is -2.41. The molecule has 1 aliphatic carbocycles. The summed E-state index contributed by atoms with van der Waals surface area (Å²) in [6, 6.07) is 0.652. The van der Waals surface area contributed by atoms with E-state index in [9.17, 15) is 4.79 Å². The summed E-state index contributed by atoms with van der Waals surface area (Å²) < 4.78 is 0. The fourth-order valence-corrected chi connectivity index (χ4v) is 2.64. The molecule has 0 aromatic carbocycles. The summed E-state index contributed by atoms with van der Waals surface area (Å²) in [6.45, 7) is 2.73. The average Bonchev–Trinajstić information content (AvgIpc) is 2.32. The topological polar surface area (TPSA) is 43.8 Å². The number of urea groups is 1. The first-order chi connectivity index (χ1) is 8.33. The zero-order valence-corrected chi connectivity index (χ0v) is 10.6. The molecular formula is C13H24N2O2. The number of piperidine rings is 1. The number of carbonyl (C=O) groups is 1. The molecule has 0 bridgehead atoms. The summed E-state index contributed by atoms with van der Waals surface area (Å²) in [6.07, 6.45) is 7.78. The summed E-state index contributed by atoms with van der Waals surface area (Å²) in [5.41, 5.74) is 0.